The first kappa shape index (κ1) is 46.0. The van der Waals surface area contributed by atoms with Crippen molar-refractivity contribution >= 4 is 117 Å². The number of thiophene rings is 1. The fraction of sp³-hybridized carbons (Fsp3) is 0.176. The van der Waals surface area contributed by atoms with Crippen LogP contribution in [0.2, 0.25) is 0 Å². The van der Waals surface area contributed by atoms with Gasteiger partial charge in [0.15, 0.2) is 5.58 Å². The van der Waals surface area contributed by atoms with Gasteiger partial charge in [-0.15, -0.1) is 11.3 Å². The number of benzene rings is 9. The highest BCUT2D eigenvalue weighted by Crippen LogP contribution is 2.52. The highest BCUT2D eigenvalue weighted by molar-refractivity contribution is 7.33. The molecule has 0 saturated carbocycles. The number of anilines is 9. The zero-order chi connectivity index (χ0) is 50.8. The van der Waals surface area contributed by atoms with E-state index in [-0.39, 0.29) is 23.0 Å². The van der Waals surface area contributed by atoms with Crippen molar-refractivity contribution in [3.05, 3.63) is 217 Å². The topological polar surface area (TPSA) is 22.9 Å². The number of hydrogen-bond acceptors (Lipinski definition) is 5. The Morgan fingerprint density at radius 1 is 0.459 bits per heavy atom. The van der Waals surface area contributed by atoms with Gasteiger partial charge < -0.3 is 19.1 Å². The summed E-state index contributed by atoms with van der Waals surface area (Å²) in [5.74, 6) is 0. The van der Waals surface area contributed by atoms with Crippen molar-refractivity contribution in [3.63, 3.8) is 0 Å². The van der Waals surface area contributed by atoms with Gasteiger partial charge in [0, 0.05) is 65.3 Å². The molecule has 2 aromatic heterocycles. The SMILES string of the molecule is CC(C)(C)c1ccc(N2c3cccc4c3B(c3ccc(N(c5ccccc5)c5ccc(C(C)(C)C)cc5-c5ccccc5)cc3N4c3cccc4c3oc3ccccc34)c3sc4ccc(C(C)(C)C)cc4c32)cc1. The summed E-state index contributed by atoms with van der Waals surface area (Å²) in [6.07, 6.45) is 0. The molecule has 2 aliphatic heterocycles. The van der Waals surface area contributed by atoms with Crippen LogP contribution in [0.25, 0.3) is 43.2 Å². The van der Waals surface area contributed by atoms with Gasteiger partial charge in [0.1, 0.15) is 5.58 Å². The lowest BCUT2D eigenvalue weighted by Crippen LogP contribution is -2.60. The Labute approximate surface area is 440 Å². The summed E-state index contributed by atoms with van der Waals surface area (Å²) >= 11 is 1.95. The molecular weight excluding hydrogens is 918 g/mol. The van der Waals surface area contributed by atoms with Gasteiger partial charge in [0.05, 0.1) is 17.1 Å². The van der Waals surface area contributed by atoms with Gasteiger partial charge in [-0.2, -0.15) is 0 Å². The smallest absolute Gasteiger partial charge is 0.264 e. The molecule has 6 heteroatoms. The van der Waals surface area contributed by atoms with E-state index in [1.54, 1.807) is 0 Å². The first-order valence-corrected chi connectivity index (χ1v) is 26.9. The maximum atomic E-state index is 6.99. The highest BCUT2D eigenvalue weighted by Gasteiger charge is 2.46. The molecular formula is C68H60BN3OS. The maximum Gasteiger partial charge on any atom is 0.264 e. The molecule has 0 N–H and O–H groups in total. The first-order chi connectivity index (χ1) is 35.6. The third-order valence-electron chi connectivity index (χ3n) is 15.5. The number of fused-ring (bicyclic) bond motifs is 9. The second kappa shape index (κ2) is 16.9. The van der Waals surface area contributed by atoms with E-state index in [1.165, 1.54) is 65.0 Å². The summed E-state index contributed by atoms with van der Waals surface area (Å²) < 4.78 is 9.63. The Hall–Kier alpha value is -7.80. The molecule has 74 heavy (non-hydrogen) atoms. The van der Waals surface area contributed by atoms with Crippen molar-refractivity contribution < 1.29 is 4.42 Å². The molecule has 4 heterocycles. The minimum atomic E-state index is -0.0527. The molecule has 0 fully saturated rings. The van der Waals surface area contributed by atoms with Gasteiger partial charge in [-0.1, -0.05) is 178 Å². The molecule has 0 radical (unpaired) electrons. The van der Waals surface area contributed by atoms with E-state index in [0.717, 1.165) is 61.8 Å². The zero-order valence-corrected chi connectivity index (χ0v) is 44.6. The van der Waals surface area contributed by atoms with Crippen LogP contribution in [-0.4, -0.2) is 6.71 Å². The van der Waals surface area contributed by atoms with Gasteiger partial charge in [0.25, 0.3) is 6.71 Å². The number of furan rings is 1. The second-order valence-electron chi connectivity index (χ2n) is 23.4. The second-order valence-corrected chi connectivity index (χ2v) is 24.5. The van der Waals surface area contributed by atoms with Crippen LogP contribution in [0.5, 0.6) is 0 Å². The fourth-order valence-corrected chi connectivity index (χ4v) is 12.9. The third kappa shape index (κ3) is 7.40. The molecule has 0 aliphatic carbocycles. The average molecular weight is 978 g/mol. The molecule has 0 spiro atoms. The van der Waals surface area contributed by atoms with E-state index in [1.807, 2.05) is 11.3 Å². The lowest BCUT2D eigenvalue weighted by molar-refractivity contribution is 0.590. The largest absolute Gasteiger partial charge is 0.454 e. The van der Waals surface area contributed by atoms with E-state index in [2.05, 4.69) is 277 Å². The van der Waals surface area contributed by atoms with E-state index in [0.29, 0.717) is 0 Å². The number of rotatable bonds is 6. The molecule has 0 amide bonds. The van der Waals surface area contributed by atoms with Gasteiger partial charge in [0.2, 0.25) is 0 Å². The number of nitrogens with zero attached hydrogens (tertiary/aromatic N) is 3. The monoisotopic (exact) mass is 977 g/mol. The molecule has 13 rings (SSSR count). The van der Waals surface area contributed by atoms with Gasteiger partial charge >= 0.3 is 0 Å². The summed E-state index contributed by atoms with van der Waals surface area (Å²) in [5, 5.41) is 3.51. The Bertz CT molecular complexity index is 3980. The Balaban J connectivity index is 1.11. The standard InChI is InChI=1S/C68H60BN3OS/c1-66(2,3)44-30-34-48(35-31-44)71-56-26-19-27-57-62(56)69(65-63(71)53-41-46(68(7,8)9)33-39-61(53)74-65)54-37-36-49(42-59(54)72(57)58-28-18-25-51-50-24-16-17-29-60(50)73-64(51)58)70(47-22-14-11-15-23-47)55-38-32-45(67(4,5)6)40-52(55)43-20-12-10-13-21-43/h10-42H,1-9H3. The molecule has 0 bridgehead atoms. The van der Waals surface area contributed by atoms with Crippen LogP contribution in [0.1, 0.15) is 79.0 Å². The minimum absolute atomic E-state index is 0.0218. The van der Waals surface area contributed by atoms with Crippen molar-refractivity contribution in [2.45, 2.75) is 78.6 Å². The average Bonchev–Trinajstić information content (AvgIpc) is 4.04. The van der Waals surface area contributed by atoms with Crippen LogP contribution in [-0.2, 0) is 16.2 Å². The Morgan fingerprint density at radius 2 is 1.07 bits per heavy atom. The molecule has 2 aliphatic rings. The molecule has 0 atom stereocenters. The lowest BCUT2D eigenvalue weighted by Gasteiger charge is -2.43. The highest BCUT2D eigenvalue weighted by atomic mass is 32.1. The third-order valence-corrected chi connectivity index (χ3v) is 16.7. The quantitative estimate of drug-likeness (QED) is 0.155. The number of hydrogen-bond donors (Lipinski definition) is 0. The Kier molecular flexibility index (Phi) is 10.5. The van der Waals surface area contributed by atoms with Crippen molar-refractivity contribution in [3.8, 4) is 11.1 Å². The molecule has 362 valence electrons. The van der Waals surface area contributed by atoms with E-state index >= 15 is 0 Å². The van der Waals surface area contributed by atoms with Gasteiger partial charge in [-0.3, -0.25) is 0 Å². The summed E-state index contributed by atoms with van der Waals surface area (Å²) in [4.78, 5) is 7.55. The first-order valence-electron chi connectivity index (χ1n) is 26.1. The summed E-state index contributed by atoms with van der Waals surface area (Å²) in [7, 11) is 0. The van der Waals surface area contributed by atoms with Crippen molar-refractivity contribution in [1.82, 2.24) is 0 Å². The van der Waals surface area contributed by atoms with Crippen molar-refractivity contribution in [2.75, 3.05) is 14.7 Å². The van der Waals surface area contributed by atoms with Crippen LogP contribution in [0, 0.1) is 0 Å². The molecule has 11 aromatic rings. The molecule has 9 aromatic carbocycles. The van der Waals surface area contributed by atoms with Crippen molar-refractivity contribution in [2.24, 2.45) is 0 Å². The summed E-state index contributed by atoms with van der Waals surface area (Å²) in [6.45, 7) is 20.7. The minimum Gasteiger partial charge on any atom is -0.454 e. The molecule has 0 saturated heterocycles. The van der Waals surface area contributed by atoms with E-state index < -0.39 is 0 Å². The van der Waals surface area contributed by atoms with Gasteiger partial charge in [-0.25, -0.2) is 0 Å². The van der Waals surface area contributed by atoms with Crippen molar-refractivity contribution in [1.29, 1.82) is 0 Å². The summed E-state index contributed by atoms with van der Waals surface area (Å²) in [6, 6.07) is 74.7. The lowest BCUT2D eigenvalue weighted by atomic mass is 9.36. The molecule has 0 unspecified atom stereocenters. The predicted molar refractivity (Wildman–Crippen MR) is 319 cm³/mol. The fourth-order valence-electron chi connectivity index (χ4n) is 11.6. The van der Waals surface area contributed by atoms with Crippen LogP contribution >= 0.6 is 11.3 Å². The zero-order valence-electron chi connectivity index (χ0n) is 43.8. The number of para-hydroxylation sites is 3. The van der Waals surface area contributed by atoms with Crippen LogP contribution in [0.3, 0.4) is 0 Å². The van der Waals surface area contributed by atoms with Crippen LogP contribution < -0.4 is 30.4 Å². The Morgan fingerprint density at radius 3 is 1.80 bits per heavy atom. The molecule has 4 nitrogen and oxygen atoms in total. The van der Waals surface area contributed by atoms with Crippen LogP contribution in [0.15, 0.2) is 205 Å². The van der Waals surface area contributed by atoms with E-state index in [4.69, 9.17) is 4.42 Å². The van der Waals surface area contributed by atoms with Gasteiger partial charge in [-0.05, 0) is 134 Å². The van der Waals surface area contributed by atoms with E-state index in [9.17, 15) is 0 Å². The summed E-state index contributed by atoms with van der Waals surface area (Å²) in [5.41, 5.74) is 20.7. The predicted octanol–water partition coefficient (Wildman–Crippen LogP) is 17.9. The normalized spacial score (nSPS) is 13.4. The maximum absolute atomic E-state index is 6.99. The van der Waals surface area contributed by atoms with Crippen LogP contribution in [0.4, 0.5) is 51.2 Å².